The molecule has 1 saturated heterocycles. The van der Waals surface area contributed by atoms with Crippen molar-refractivity contribution in [3.8, 4) is 17.0 Å². The highest BCUT2D eigenvalue weighted by molar-refractivity contribution is 6.09. The Bertz CT molecular complexity index is 1120. The van der Waals surface area contributed by atoms with Gasteiger partial charge in [0.2, 0.25) is 5.92 Å². The van der Waals surface area contributed by atoms with Gasteiger partial charge in [-0.1, -0.05) is 18.2 Å². The van der Waals surface area contributed by atoms with E-state index in [0.717, 1.165) is 5.56 Å². The molecule has 6 nitrogen and oxygen atoms in total. The molecule has 0 radical (unpaired) electrons. The first-order valence-electron chi connectivity index (χ1n) is 10.9. The zero-order valence-electron chi connectivity index (χ0n) is 18.6. The summed E-state index contributed by atoms with van der Waals surface area (Å²) in [4.78, 5) is 15.2. The van der Waals surface area contributed by atoms with Crippen LogP contribution in [-0.4, -0.2) is 42.2 Å². The van der Waals surface area contributed by atoms with E-state index in [1.807, 2.05) is 49.4 Å². The molecular weight excluding hydrogens is 426 g/mol. The molecule has 8 heteroatoms. The average molecular weight is 453 g/mol. The van der Waals surface area contributed by atoms with Gasteiger partial charge < -0.3 is 15.0 Å². The molecule has 1 aromatic heterocycles. The van der Waals surface area contributed by atoms with Gasteiger partial charge in [-0.15, -0.1) is 10.2 Å². The molecule has 0 aliphatic carbocycles. The van der Waals surface area contributed by atoms with Crippen molar-refractivity contribution in [2.24, 2.45) is 0 Å². The SMILES string of the molecule is COc1ccc(-c2nnc(N3CCCC(F)(F)CC3)c(C(=O)Nc3ccccc3)c2C)cc1. The summed E-state index contributed by atoms with van der Waals surface area (Å²) in [7, 11) is 1.59. The van der Waals surface area contributed by atoms with Gasteiger partial charge in [0.1, 0.15) is 5.75 Å². The van der Waals surface area contributed by atoms with Crippen LogP contribution in [0.2, 0.25) is 0 Å². The van der Waals surface area contributed by atoms with Crippen LogP contribution in [0, 0.1) is 6.92 Å². The van der Waals surface area contributed by atoms with E-state index < -0.39 is 5.92 Å². The van der Waals surface area contributed by atoms with Crippen molar-refractivity contribution in [3.63, 3.8) is 0 Å². The first-order valence-corrected chi connectivity index (χ1v) is 10.9. The highest BCUT2D eigenvalue weighted by atomic mass is 19.3. The molecule has 2 heterocycles. The fraction of sp³-hybridized carbons (Fsp3) is 0.320. The van der Waals surface area contributed by atoms with E-state index in [0.29, 0.717) is 47.0 Å². The lowest BCUT2D eigenvalue weighted by Crippen LogP contribution is -2.30. The van der Waals surface area contributed by atoms with Gasteiger partial charge in [0.15, 0.2) is 5.82 Å². The van der Waals surface area contributed by atoms with Crippen LogP contribution in [0.5, 0.6) is 5.75 Å². The second kappa shape index (κ2) is 9.52. The van der Waals surface area contributed by atoms with Crippen LogP contribution in [0.3, 0.4) is 0 Å². The van der Waals surface area contributed by atoms with Gasteiger partial charge in [-0.05, 0) is 55.3 Å². The molecule has 172 valence electrons. The van der Waals surface area contributed by atoms with Crippen molar-refractivity contribution in [1.82, 2.24) is 10.2 Å². The molecule has 0 saturated carbocycles. The van der Waals surface area contributed by atoms with Crippen molar-refractivity contribution in [1.29, 1.82) is 0 Å². The molecule has 3 aromatic rings. The first-order chi connectivity index (χ1) is 15.9. The maximum absolute atomic E-state index is 14.0. The zero-order chi connectivity index (χ0) is 23.4. The molecule has 0 bridgehead atoms. The zero-order valence-corrected chi connectivity index (χ0v) is 18.6. The Morgan fingerprint density at radius 3 is 2.45 bits per heavy atom. The van der Waals surface area contributed by atoms with E-state index >= 15 is 0 Å². The maximum atomic E-state index is 14.0. The number of alkyl halides is 2. The Morgan fingerprint density at radius 1 is 1.03 bits per heavy atom. The van der Waals surface area contributed by atoms with Crippen molar-refractivity contribution in [2.75, 3.05) is 30.4 Å². The molecule has 1 amide bonds. The topological polar surface area (TPSA) is 67.4 Å². The third-order valence-electron chi connectivity index (χ3n) is 5.84. The molecular formula is C25H26F2N4O2. The molecule has 0 unspecified atom stereocenters. The number of rotatable bonds is 5. The summed E-state index contributed by atoms with van der Waals surface area (Å²) >= 11 is 0. The molecule has 0 spiro atoms. The van der Waals surface area contributed by atoms with Crippen molar-refractivity contribution < 1.29 is 18.3 Å². The number of halogens is 2. The minimum Gasteiger partial charge on any atom is -0.497 e. The largest absolute Gasteiger partial charge is 0.497 e. The lowest BCUT2D eigenvalue weighted by Gasteiger charge is -2.25. The number of ether oxygens (including phenoxy) is 1. The number of carbonyl (C=O) groups excluding carboxylic acids is 1. The molecule has 2 aromatic carbocycles. The van der Waals surface area contributed by atoms with Gasteiger partial charge in [-0.2, -0.15) is 0 Å². The van der Waals surface area contributed by atoms with E-state index in [9.17, 15) is 13.6 Å². The van der Waals surface area contributed by atoms with Gasteiger partial charge in [0.25, 0.3) is 5.91 Å². The molecule has 1 aliphatic rings. The van der Waals surface area contributed by atoms with Gasteiger partial charge in [0, 0.05) is 37.2 Å². The number of nitrogens with zero attached hydrogens (tertiary/aromatic N) is 3. The van der Waals surface area contributed by atoms with Crippen molar-refractivity contribution in [3.05, 3.63) is 65.7 Å². The lowest BCUT2D eigenvalue weighted by atomic mass is 10.0. The van der Waals surface area contributed by atoms with Crippen LogP contribution >= 0.6 is 0 Å². The quantitative estimate of drug-likeness (QED) is 0.566. The number of hydrogen-bond donors (Lipinski definition) is 1. The number of aromatic nitrogens is 2. The fourth-order valence-corrected chi connectivity index (χ4v) is 4.02. The Kier molecular flexibility index (Phi) is 6.53. The Labute approximate surface area is 191 Å². The van der Waals surface area contributed by atoms with Crippen molar-refractivity contribution >= 4 is 17.4 Å². The Morgan fingerprint density at radius 2 is 1.76 bits per heavy atom. The highest BCUT2D eigenvalue weighted by Gasteiger charge is 2.34. The Balaban J connectivity index is 1.76. The molecule has 33 heavy (non-hydrogen) atoms. The first kappa shape index (κ1) is 22.6. The number of methoxy groups -OCH3 is 1. The van der Waals surface area contributed by atoms with Crippen LogP contribution in [0.4, 0.5) is 20.3 Å². The number of nitrogens with one attached hydrogen (secondary N) is 1. The van der Waals surface area contributed by atoms with Gasteiger partial charge in [0.05, 0.1) is 18.4 Å². The van der Waals surface area contributed by atoms with Gasteiger partial charge >= 0.3 is 0 Å². The van der Waals surface area contributed by atoms with Gasteiger partial charge in [-0.25, -0.2) is 8.78 Å². The molecule has 1 N–H and O–H groups in total. The smallest absolute Gasteiger partial charge is 0.259 e. The standard InChI is InChI=1S/C25H26F2N4O2/c1-17-21(24(32)28-19-7-4-3-5-8-19)23(31-15-6-13-25(26,27)14-16-31)30-29-22(17)18-9-11-20(33-2)12-10-18/h3-5,7-12H,6,13-16H2,1-2H3,(H,28,32). The Hall–Kier alpha value is -3.55. The van der Waals surface area contributed by atoms with Crippen LogP contribution in [0.25, 0.3) is 11.3 Å². The molecule has 1 aliphatic heterocycles. The summed E-state index contributed by atoms with van der Waals surface area (Å²) in [6.07, 6.45) is -0.146. The number of carbonyl (C=O) groups is 1. The molecule has 0 atom stereocenters. The molecule has 4 rings (SSSR count). The van der Waals surface area contributed by atoms with E-state index in [1.165, 1.54) is 0 Å². The summed E-state index contributed by atoms with van der Waals surface area (Å²) < 4.78 is 33.2. The third-order valence-corrected chi connectivity index (χ3v) is 5.84. The average Bonchev–Trinajstić information content (AvgIpc) is 3.00. The summed E-state index contributed by atoms with van der Waals surface area (Å²) in [5.41, 5.74) is 2.95. The highest BCUT2D eigenvalue weighted by Crippen LogP contribution is 2.34. The summed E-state index contributed by atoms with van der Waals surface area (Å²) in [6, 6.07) is 16.4. The lowest BCUT2D eigenvalue weighted by molar-refractivity contribution is -0.0102. The van der Waals surface area contributed by atoms with E-state index in [4.69, 9.17) is 4.74 Å². The van der Waals surface area contributed by atoms with Crippen molar-refractivity contribution in [2.45, 2.75) is 32.1 Å². The maximum Gasteiger partial charge on any atom is 0.259 e. The predicted molar refractivity (Wildman–Crippen MR) is 124 cm³/mol. The normalized spacial score (nSPS) is 15.6. The van der Waals surface area contributed by atoms with Crippen LogP contribution in [0.1, 0.15) is 35.2 Å². The predicted octanol–water partition coefficient (Wildman–Crippen LogP) is 5.34. The van der Waals surface area contributed by atoms with E-state index in [2.05, 4.69) is 15.5 Å². The summed E-state index contributed by atoms with van der Waals surface area (Å²) in [6.45, 7) is 2.30. The number of hydrogen-bond acceptors (Lipinski definition) is 5. The van der Waals surface area contributed by atoms with Crippen LogP contribution in [0.15, 0.2) is 54.6 Å². The number of benzene rings is 2. The monoisotopic (exact) mass is 452 g/mol. The summed E-state index contributed by atoms with van der Waals surface area (Å²) in [5, 5.41) is 11.7. The second-order valence-electron chi connectivity index (χ2n) is 8.12. The third kappa shape index (κ3) is 5.10. The fourth-order valence-electron chi connectivity index (χ4n) is 4.02. The number of anilines is 2. The number of para-hydroxylation sites is 1. The molecule has 1 fully saturated rings. The van der Waals surface area contributed by atoms with Crippen LogP contribution in [-0.2, 0) is 0 Å². The minimum absolute atomic E-state index is 0.106. The second-order valence-corrected chi connectivity index (χ2v) is 8.12. The van der Waals surface area contributed by atoms with Crippen LogP contribution < -0.4 is 15.0 Å². The van der Waals surface area contributed by atoms with Gasteiger partial charge in [-0.3, -0.25) is 4.79 Å². The summed E-state index contributed by atoms with van der Waals surface area (Å²) in [5.74, 6) is -2.04. The van der Waals surface area contributed by atoms with E-state index in [-0.39, 0.29) is 25.3 Å². The minimum atomic E-state index is -2.72. The van der Waals surface area contributed by atoms with E-state index in [1.54, 1.807) is 24.1 Å². The number of amides is 1.